The number of anilines is 1. The summed E-state index contributed by atoms with van der Waals surface area (Å²) in [6.07, 6.45) is 0.891. The lowest BCUT2D eigenvalue weighted by Crippen LogP contribution is -2.49. The summed E-state index contributed by atoms with van der Waals surface area (Å²) in [5.74, 6) is -0.121. The van der Waals surface area contributed by atoms with Crippen LogP contribution in [0, 0.1) is 0 Å². The maximum atomic E-state index is 12.6. The molecule has 0 spiro atoms. The largest absolute Gasteiger partial charge is 0.358 e. The van der Waals surface area contributed by atoms with Gasteiger partial charge in [-0.05, 0) is 49.3 Å². The van der Waals surface area contributed by atoms with E-state index in [-0.39, 0.29) is 5.91 Å². The van der Waals surface area contributed by atoms with E-state index in [2.05, 4.69) is 17.6 Å². The Morgan fingerprint density at radius 2 is 1.92 bits per heavy atom. The first-order valence-corrected chi connectivity index (χ1v) is 9.44. The van der Waals surface area contributed by atoms with Crippen molar-refractivity contribution in [3.8, 4) is 0 Å². The zero-order valence-electron chi connectivity index (χ0n) is 15.0. The van der Waals surface area contributed by atoms with E-state index in [0.717, 1.165) is 12.0 Å². The Kier molecular flexibility index (Phi) is 7.88. The van der Waals surface area contributed by atoms with Gasteiger partial charge >= 0.3 is 0 Å². The van der Waals surface area contributed by atoms with Gasteiger partial charge in [-0.15, -0.1) is 0 Å². The molecule has 26 heavy (non-hydrogen) atoms. The van der Waals surface area contributed by atoms with Crippen molar-refractivity contribution in [2.45, 2.75) is 32.9 Å². The zero-order valence-corrected chi connectivity index (χ0v) is 16.6. The number of halogens is 1. The summed E-state index contributed by atoms with van der Waals surface area (Å²) in [6, 6.07) is 16.7. The first-order chi connectivity index (χ1) is 12.5. The van der Waals surface area contributed by atoms with Crippen LogP contribution < -0.4 is 10.6 Å². The van der Waals surface area contributed by atoms with Gasteiger partial charge < -0.3 is 15.5 Å². The van der Waals surface area contributed by atoms with Gasteiger partial charge in [0.1, 0.15) is 6.04 Å². The number of hydrogen-bond acceptors (Lipinski definition) is 2. The highest BCUT2D eigenvalue weighted by Crippen LogP contribution is 2.16. The molecule has 2 rings (SSSR count). The van der Waals surface area contributed by atoms with Crippen LogP contribution in [0.3, 0.4) is 0 Å². The van der Waals surface area contributed by atoms with Crippen molar-refractivity contribution >= 4 is 40.5 Å². The SMILES string of the molecule is CCCN(C(=S)NCc1ccccc1)[C@H](C)C(=O)Nc1cccc(Cl)c1. The molecule has 1 atom stereocenters. The summed E-state index contributed by atoms with van der Waals surface area (Å²) >= 11 is 11.5. The molecule has 0 saturated carbocycles. The van der Waals surface area contributed by atoms with E-state index in [4.69, 9.17) is 23.8 Å². The molecule has 0 fully saturated rings. The predicted octanol–water partition coefficient (Wildman–Crippen LogP) is 4.45. The van der Waals surface area contributed by atoms with E-state index in [1.165, 1.54) is 0 Å². The van der Waals surface area contributed by atoms with E-state index in [1.54, 1.807) is 18.2 Å². The third-order valence-electron chi connectivity index (χ3n) is 3.95. The van der Waals surface area contributed by atoms with E-state index in [9.17, 15) is 4.79 Å². The van der Waals surface area contributed by atoms with Gasteiger partial charge in [-0.2, -0.15) is 0 Å². The molecule has 2 aromatic carbocycles. The van der Waals surface area contributed by atoms with Crippen LogP contribution >= 0.6 is 23.8 Å². The van der Waals surface area contributed by atoms with Crippen LogP contribution in [0.15, 0.2) is 54.6 Å². The van der Waals surface area contributed by atoms with Gasteiger partial charge in [0.25, 0.3) is 0 Å². The van der Waals surface area contributed by atoms with Gasteiger partial charge in [0, 0.05) is 23.8 Å². The predicted molar refractivity (Wildman–Crippen MR) is 112 cm³/mol. The van der Waals surface area contributed by atoms with E-state index < -0.39 is 6.04 Å². The minimum absolute atomic E-state index is 0.121. The monoisotopic (exact) mass is 389 g/mol. The fourth-order valence-corrected chi connectivity index (χ4v) is 3.05. The topological polar surface area (TPSA) is 44.4 Å². The number of thiocarbonyl (C=S) groups is 1. The van der Waals surface area contributed by atoms with Gasteiger partial charge in [-0.3, -0.25) is 4.79 Å². The zero-order chi connectivity index (χ0) is 18.9. The molecular weight excluding hydrogens is 366 g/mol. The quantitative estimate of drug-likeness (QED) is 0.686. The van der Waals surface area contributed by atoms with Crippen LogP contribution in [0.1, 0.15) is 25.8 Å². The molecule has 0 saturated heterocycles. The second-order valence-corrected chi connectivity index (χ2v) is 6.84. The molecule has 0 aromatic heterocycles. The first kappa shape index (κ1) is 20.2. The Labute approximate surface area is 165 Å². The van der Waals surface area contributed by atoms with Gasteiger partial charge in [-0.1, -0.05) is 54.9 Å². The lowest BCUT2D eigenvalue weighted by Gasteiger charge is -2.30. The van der Waals surface area contributed by atoms with Crippen molar-refractivity contribution in [2.75, 3.05) is 11.9 Å². The summed E-state index contributed by atoms with van der Waals surface area (Å²) < 4.78 is 0. The average molecular weight is 390 g/mol. The molecule has 0 aliphatic heterocycles. The van der Waals surface area contributed by atoms with Crippen LogP contribution in [0.2, 0.25) is 5.02 Å². The van der Waals surface area contributed by atoms with Crippen LogP contribution in [-0.4, -0.2) is 28.5 Å². The van der Waals surface area contributed by atoms with Crippen LogP contribution in [0.25, 0.3) is 0 Å². The highest BCUT2D eigenvalue weighted by Gasteiger charge is 2.23. The molecule has 0 radical (unpaired) electrons. The second-order valence-electron chi connectivity index (χ2n) is 6.01. The van der Waals surface area contributed by atoms with Crippen molar-refractivity contribution in [3.05, 3.63) is 65.2 Å². The molecule has 4 nitrogen and oxygen atoms in total. The second kappa shape index (κ2) is 10.1. The minimum atomic E-state index is -0.398. The average Bonchev–Trinajstić information content (AvgIpc) is 2.64. The number of nitrogens with one attached hydrogen (secondary N) is 2. The molecule has 2 aromatic rings. The normalized spacial score (nSPS) is 11.5. The Hall–Kier alpha value is -2.11. The molecule has 0 heterocycles. The Bertz CT molecular complexity index is 739. The molecular formula is C20H24ClN3OS. The number of rotatable bonds is 7. The van der Waals surface area contributed by atoms with Crippen molar-refractivity contribution in [2.24, 2.45) is 0 Å². The van der Waals surface area contributed by atoms with Gasteiger partial charge in [-0.25, -0.2) is 0 Å². The van der Waals surface area contributed by atoms with Gasteiger partial charge in [0.2, 0.25) is 5.91 Å². The Morgan fingerprint density at radius 1 is 1.19 bits per heavy atom. The summed E-state index contributed by atoms with van der Waals surface area (Å²) in [7, 11) is 0. The number of carbonyl (C=O) groups excluding carboxylic acids is 1. The van der Waals surface area contributed by atoms with Crippen LogP contribution in [0.5, 0.6) is 0 Å². The lowest BCUT2D eigenvalue weighted by molar-refractivity contribution is -0.119. The molecule has 2 N–H and O–H groups in total. The number of benzene rings is 2. The molecule has 6 heteroatoms. The molecule has 0 bridgehead atoms. The van der Waals surface area contributed by atoms with Gasteiger partial charge in [0.05, 0.1) is 0 Å². The van der Waals surface area contributed by atoms with Crippen molar-refractivity contribution in [1.29, 1.82) is 0 Å². The highest BCUT2D eigenvalue weighted by atomic mass is 35.5. The Balaban J connectivity index is 1.99. The lowest BCUT2D eigenvalue weighted by atomic mass is 10.2. The highest BCUT2D eigenvalue weighted by molar-refractivity contribution is 7.80. The third kappa shape index (κ3) is 6.00. The van der Waals surface area contributed by atoms with Crippen molar-refractivity contribution in [3.63, 3.8) is 0 Å². The molecule has 0 aliphatic carbocycles. The molecule has 138 valence electrons. The standard InChI is InChI=1S/C20H24ClN3OS/c1-3-12-24(20(26)22-14-16-8-5-4-6-9-16)15(2)19(25)23-18-11-7-10-17(21)13-18/h4-11,13,15H,3,12,14H2,1-2H3,(H,22,26)(H,23,25)/t15-/m1/s1. The molecule has 0 unspecified atom stereocenters. The minimum Gasteiger partial charge on any atom is -0.358 e. The molecule has 0 aliphatic rings. The van der Waals surface area contributed by atoms with Crippen LogP contribution in [-0.2, 0) is 11.3 Å². The molecule has 1 amide bonds. The van der Waals surface area contributed by atoms with Crippen LogP contribution in [0.4, 0.5) is 5.69 Å². The fraction of sp³-hybridized carbons (Fsp3) is 0.300. The fourth-order valence-electron chi connectivity index (χ4n) is 2.54. The summed E-state index contributed by atoms with van der Waals surface area (Å²) in [4.78, 5) is 14.6. The maximum absolute atomic E-state index is 12.6. The third-order valence-corrected chi connectivity index (χ3v) is 4.56. The number of nitrogens with zero attached hydrogens (tertiary/aromatic N) is 1. The summed E-state index contributed by atoms with van der Waals surface area (Å²) in [5.41, 5.74) is 1.82. The van der Waals surface area contributed by atoms with Crippen molar-refractivity contribution < 1.29 is 4.79 Å². The Morgan fingerprint density at radius 3 is 2.58 bits per heavy atom. The van der Waals surface area contributed by atoms with E-state index in [0.29, 0.717) is 28.9 Å². The number of amides is 1. The van der Waals surface area contributed by atoms with E-state index in [1.807, 2.05) is 48.2 Å². The van der Waals surface area contributed by atoms with Gasteiger partial charge in [0.15, 0.2) is 5.11 Å². The summed E-state index contributed by atoms with van der Waals surface area (Å²) in [6.45, 7) is 5.24. The number of carbonyl (C=O) groups is 1. The van der Waals surface area contributed by atoms with Crippen molar-refractivity contribution in [1.82, 2.24) is 10.2 Å². The first-order valence-electron chi connectivity index (χ1n) is 8.66. The number of hydrogen-bond donors (Lipinski definition) is 2. The maximum Gasteiger partial charge on any atom is 0.246 e. The summed E-state index contributed by atoms with van der Waals surface area (Å²) in [5, 5.41) is 7.30. The van der Waals surface area contributed by atoms with E-state index >= 15 is 0 Å². The smallest absolute Gasteiger partial charge is 0.246 e.